The van der Waals surface area contributed by atoms with Crippen LogP contribution >= 0.6 is 0 Å². The number of nitrogens with one attached hydrogen (secondary N) is 3. The molecule has 0 aromatic rings. The lowest BCUT2D eigenvalue weighted by atomic mass is 9.85. The van der Waals surface area contributed by atoms with Gasteiger partial charge >= 0.3 is 12.1 Å². The van der Waals surface area contributed by atoms with Crippen LogP contribution in [0.2, 0.25) is 0 Å². The zero-order valence-electron chi connectivity index (χ0n) is 22.6. The molecule has 4 amide bonds. The molecule has 3 rings (SSSR count). The minimum atomic E-state index is -5.25. The van der Waals surface area contributed by atoms with Crippen molar-refractivity contribution in [2.45, 2.75) is 89.1 Å². The van der Waals surface area contributed by atoms with Gasteiger partial charge in [-0.3, -0.25) is 24.1 Å². The van der Waals surface area contributed by atoms with Crippen molar-refractivity contribution >= 4 is 23.6 Å². The van der Waals surface area contributed by atoms with Crippen LogP contribution in [0, 0.1) is 22.7 Å². The number of likely N-dealkylation sites (tertiary alicyclic amines) is 2. The highest BCUT2D eigenvalue weighted by Crippen LogP contribution is 2.33. The van der Waals surface area contributed by atoms with Crippen molar-refractivity contribution in [1.29, 1.82) is 5.26 Å². The van der Waals surface area contributed by atoms with Gasteiger partial charge in [0.25, 0.3) is 5.92 Å². The van der Waals surface area contributed by atoms with Crippen LogP contribution in [-0.2, 0) is 19.2 Å². The van der Waals surface area contributed by atoms with Crippen LogP contribution in [0.15, 0.2) is 0 Å². The average Bonchev–Trinajstić information content (AvgIpc) is 3.46. The Kier molecular flexibility index (Phi) is 9.33. The number of nitrogens with zero attached hydrogens (tertiary/aromatic N) is 3. The van der Waals surface area contributed by atoms with E-state index in [1.54, 1.807) is 10.2 Å². The van der Waals surface area contributed by atoms with Gasteiger partial charge in [0, 0.05) is 51.0 Å². The maximum Gasteiger partial charge on any atom is 0.471 e. The first-order chi connectivity index (χ1) is 18.4. The van der Waals surface area contributed by atoms with E-state index in [2.05, 4.69) is 10.6 Å². The number of hydrogen-bond acceptors (Lipinski definition) is 6. The highest BCUT2D eigenvalue weighted by atomic mass is 19.4. The molecule has 0 radical (unpaired) electrons. The van der Waals surface area contributed by atoms with Gasteiger partial charge in [-0.1, -0.05) is 20.8 Å². The van der Waals surface area contributed by atoms with Gasteiger partial charge in [-0.05, 0) is 24.7 Å². The first kappa shape index (κ1) is 31.5. The van der Waals surface area contributed by atoms with E-state index < -0.39 is 78.2 Å². The summed E-state index contributed by atoms with van der Waals surface area (Å²) >= 11 is 0. The van der Waals surface area contributed by atoms with Gasteiger partial charge in [-0.2, -0.15) is 18.4 Å². The molecule has 224 valence electrons. The largest absolute Gasteiger partial charge is 0.471 e. The standard InChI is InChI=1S/C25H35F5N6O4/c1-23(2,3)18(34-22(40)25(28,29)30)21(39)36-13-16(35-8-5-24(26,27)6-9-35)11-17(36)20(38)33-15(12-31)10-14-4-7-32-19(14)37/h14-18H,4-11,13H2,1-3H3,(H,32,37)(H,33,38)(H,34,40)/t14-,15?,16+,17-,18+/m0/s1. The van der Waals surface area contributed by atoms with Crippen LogP contribution in [0.1, 0.15) is 52.9 Å². The summed E-state index contributed by atoms with van der Waals surface area (Å²) in [5.74, 6) is -7.57. The van der Waals surface area contributed by atoms with E-state index in [1.807, 2.05) is 6.07 Å². The number of alkyl halides is 5. The van der Waals surface area contributed by atoms with Gasteiger partial charge in [-0.15, -0.1) is 0 Å². The molecule has 0 aromatic heterocycles. The van der Waals surface area contributed by atoms with Crippen LogP contribution in [0.4, 0.5) is 22.0 Å². The molecule has 3 saturated heterocycles. The third kappa shape index (κ3) is 7.58. The van der Waals surface area contributed by atoms with E-state index in [4.69, 9.17) is 0 Å². The topological polar surface area (TPSA) is 135 Å². The second-order valence-electron chi connectivity index (χ2n) is 11.8. The number of nitriles is 1. The number of piperidine rings is 1. The minimum Gasteiger partial charge on any atom is -0.356 e. The summed E-state index contributed by atoms with van der Waals surface area (Å²) in [4.78, 5) is 53.6. The normalized spacial score (nSPS) is 26.9. The molecule has 0 bridgehead atoms. The van der Waals surface area contributed by atoms with E-state index in [0.29, 0.717) is 13.0 Å². The Morgan fingerprint density at radius 3 is 2.27 bits per heavy atom. The molecule has 0 aliphatic carbocycles. The summed E-state index contributed by atoms with van der Waals surface area (Å²) in [6.07, 6.45) is -5.57. The van der Waals surface area contributed by atoms with E-state index >= 15 is 0 Å². The van der Waals surface area contributed by atoms with Crippen molar-refractivity contribution < 1.29 is 41.1 Å². The lowest BCUT2D eigenvalue weighted by molar-refractivity contribution is -0.176. The molecule has 0 saturated carbocycles. The number of halogens is 5. The maximum atomic E-state index is 13.8. The van der Waals surface area contributed by atoms with Gasteiger partial charge in [-0.25, -0.2) is 8.78 Å². The molecule has 40 heavy (non-hydrogen) atoms. The van der Waals surface area contributed by atoms with Crippen molar-refractivity contribution in [3.63, 3.8) is 0 Å². The Morgan fingerprint density at radius 1 is 1.15 bits per heavy atom. The van der Waals surface area contributed by atoms with Crippen LogP contribution in [0.3, 0.4) is 0 Å². The first-order valence-corrected chi connectivity index (χ1v) is 13.2. The lowest BCUT2D eigenvalue weighted by Crippen LogP contribution is -2.59. The molecular weight excluding hydrogens is 543 g/mol. The fourth-order valence-corrected chi connectivity index (χ4v) is 5.38. The van der Waals surface area contributed by atoms with Crippen molar-refractivity contribution in [1.82, 2.24) is 25.8 Å². The van der Waals surface area contributed by atoms with Crippen LogP contribution in [0.5, 0.6) is 0 Å². The maximum absolute atomic E-state index is 13.8. The zero-order valence-corrected chi connectivity index (χ0v) is 22.6. The zero-order chi connectivity index (χ0) is 30.0. The Labute approximate surface area is 229 Å². The highest BCUT2D eigenvalue weighted by molar-refractivity contribution is 5.94. The van der Waals surface area contributed by atoms with E-state index in [9.17, 15) is 46.4 Å². The minimum absolute atomic E-state index is 0.000836. The van der Waals surface area contributed by atoms with Crippen LogP contribution < -0.4 is 16.0 Å². The summed E-state index contributed by atoms with van der Waals surface area (Å²) in [6.45, 7) is 4.67. The van der Waals surface area contributed by atoms with E-state index in [1.165, 1.54) is 20.8 Å². The van der Waals surface area contributed by atoms with Crippen molar-refractivity contribution in [3.05, 3.63) is 0 Å². The lowest BCUT2D eigenvalue weighted by Gasteiger charge is -2.37. The van der Waals surface area contributed by atoms with Gasteiger partial charge < -0.3 is 20.9 Å². The molecular formula is C25H35F5N6O4. The molecule has 0 aromatic carbocycles. The third-order valence-corrected chi connectivity index (χ3v) is 7.71. The Balaban J connectivity index is 1.84. The van der Waals surface area contributed by atoms with Crippen LogP contribution in [0.25, 0.3) is 0 Å². The van der Waals surface area contributed by atoms with E-state index in [-0.39, 0.29) is 38.4 Å². The summed E-state index contributed by atoms with van der Waals surface area (Å²) in [5, 5.41) is 16.5. The summed E-state index contributed by atoms with van der Waals surface area (Å²) < 4.78 is 66.7. The molecule has 3 heterocycles. The number of hydrogen-bond donors (Lipinski definition) is 3. The smallest absolute Gasteiger partial charge is 0.356 e. The molecule has 3 aliphatic rings. The molecule has 3 N–H and O–H groups in total. The van der Waals surface area contributed by atoms with Gasteiger partial charge in [0.15, 0.2) is 0 Å². The second-order valence-corrected chi connectivity index (χ2v) is 11.8. The molecule has 3 fully saturated rings. The van der Waals surface area contributed by atoms with Gasteiger partial charge in [0.05, 0.1) is 6.07 Å². The first-order valence-electron chi connectivity index (χ1n) is 13.2. The second kappa shape index (κ2) is 11.8. The molecule has 15 heteroatoms. The fraction of sp³-hybridized carbons (Fsp3) is 0.800. The van der Waals surface area contributed by atoms with Crippen molar-refractivity contribution in [2.24, 2.45) is 11.3 Å². The molecule has 1 unspecified atom stereocenters. The number of rotatable bonds is 7. The number of carbonyl (C=O) groups excluding carboxylic acids is 4. The number of carbonyl (C=O) groups is 4. The summed E-state index contributed by atoms with van der Waals surface area (Å²) in [7, 11) is 0. The molecule has 5 atom stereocenters. The molecule has 0 spiro atoms. The predicted molar refractivity (Wildman–Crippen MR) is 130 cm³/mol. The molecule has 10 nitrogen and oxygen atoms in total. The van der Waals surface area contributed by atoms with Gasteiger partial charge in [0.2, 0.25) is 17.7 Å². The monoisotopic (exact) mass is 578 g/mol. The predicted octanol–water partition coefficient (Wildman–Crippen LogP) is 1.31. The Morgan fingerprint density at radius 2 is 1.77 bits per heavy atom. The quantitative estimate of drug-likeness (QED) is 0.390. The third-order valence-electron chi connectivity index (χ3n) is 7.71. The van der Waals surface area contributed by atoms with Gasteiger partial charge in [0.1, 0.15) is 18.1 Å². The van der Waals surface area contributed by atoms with Crippen molar-refractivity contribution in [3.8, 4) is 6.07 Å². The SMILES string of the molecule is CC(C)(C)[C@H](NC(=O)C(F)(F)F)C(=O)N1C[C@H](N2CCC(F)(F)CC2)C[C@H]1C(=O)NC(C#N)C[C@@H]1CCNC1=O. The molecule has 3 aliphatic heterocycles. The van der Waals surface area contributed by atoms with Crippen molar-refractivity contribution in [2.75, 3.05) is 26.2 Å². The fourth-order valence-electron chi connectivity index (χ4n) is 5.38. The highest BCUT2D eigenvalue weighted by Gasteiger charge is 2.50. The average molecular weight is 579 g/mol. The Bertz CT molecular complexity index is 1030. The number of amides is 4. The summed E-state index contributed by atoms with van der Waals surface area (Å²) in [5.41, 5.74) is -1.19. The summed E-state index contributed by atoms with van der Waals surface area (Å²) in [6, 6.07) is -2.58. The Hall–Kier alpha value is -3.02. The van der Waals surface area contributed by atoms with Crippen LogP contribution in [-0.4, -0.2) is 95.9 Å². The van der Waals surface area contributed by atoms with E-state index in [0.717, 1.165) is 4.90 Å².